The minimum Gasteiger partial charge on any atom is -0.447 e. The average molecular weight is 476 g/mol. The molecule has 2 aliphatic rings. The number of aryl methyl sites for hydroxylation is 1. The maximum Gasteiger partial charge on any atom is 0.411 e. The van der Waals surface area contributed by atoms with Crippen molar-refractivity contribution in [2.45, 2.75) is 71.6 Å². The van der Waals surface area contributed by atoms with Crippen LogP contribution in [-0.4, -0.2) is 34.5 Å². The number of nitrogens with one attached hydrogen (secondary N) is 1. The van der Waals surface area contributed by atoms with E-state index < -0.39 is 6.09 Å². The summed E-state index contributed by atoms with van der Waals surface area (Å²) in [6.45, 7) is 8.32. The molecule has 5 rings (SSSR count). The number of hydrogen-bond acceptors (Lipinski definition) is 5. The van der Waals surface area contributed by atoms with Gasteiger partial charge in [0.25, 0.3) is 0 Å². The predicted octanol–water partition coefficient (Wildman–Crippen LogP) is 5.17. The van der Waals surface area contributed by atoms with E-state index in [2.05, 4.69) is 22.0 Å². The van der Waals surface area contributed by atoms with Crippen molar-refractivity contribution in [3.63, 3.8) is 0 Å². The van der Waals surface area contributed by atoms with Crippen LogP contribution in [0.4, 0.5) is 10.5 Å². The zero-order valence-corrected chi connectivity index (χ0v) is 20.8. The van der Waals surface area contributed by atoms with Gasteiger partial charge in [-0.15, -0.1) is 0 Å². The number of nitrogens with zero attached hydrogens (tertiary/aromatic N) is 2. The molecule has 0 aliphatic heterocycles. The van der Waals surface area contributed by atoms with E-state index in [0.717, 1.165) is 47.0 Å². The maximum absolute atomic E-state index is 12.0. The van der Waals surface area contributed by atoms with Crippen LogP contribution in [0, 0.1) is 6.92 Å². The van der Waals surface area contributed by atoms with E-state index in [9.17, 15) is 4.79 Å². The molecule has 2 aromatic heterocycles. The smallest absolute Gasteiger partial charge is 0.411 e. The van der Waals surface area contributed by atoms with Crippen LogP contribution < -0.4 is 15.9 Å². The van der Waals surface area contributed by atoms with Gasteiger partial charge < -0.3 is 18.5 Å². The number of hydrogen-bond donors (Lipinski definition) is 1. The first-order chi connectivity index (χ1) is 16.9. The number of carbonyl (C=O) groups is 1. The molecule has 1 N–H and O–H groups in total. The van der Waals surface area contributed by atoms with Crippen molar-refractivity contribution in [3.05, 3.63) is 46.8 Å². The molecule has 0 spiro atoms. The Kier molecular flexibility index (Phi) is 6.52. The number of aromatic nitrogens is 2. The summed E-state index contributed by atoms with van der Waals surface area (Å²) in [7, 11) is 0. The van der Waals surface area contributed by atoms with E-state index >= 15 is 0 Å². The molecule has 1 aromatic carbocycles. The molecule has 1 amide bonds. The van der Waals surface area contributed by atoms with Crippen LogP contribution in [0.25, 0.3) is 34.9 Å². The summed E-state index contributed by atoms with van der Waals surface area (Å²) in [4.78, 5) is 16.8. The lowest BCUT2D eigenvalue weighted by Crippen LogP contribution is -2.38. The summed E-state index contributed by atoms with van der Waals surface area (Å²) in [5.41, 5.74) is 4.71. The van der Waals surface area contributed by atoms with Gasteiger partial charge in [0.15, 0.2) is 0 Å². The van der Waals surface area contributed by atoms with Crippen molar-refractivity contribution >= 4 is 23.9 Å². The molecule has 35 heavy (non-hydrogen) atoms. The van der Waals surface area contributed by atoms with Crippen LogP contribution in [0.2, 0.25) is 0 Å². The van der Waals surface area contributed by atoms with Gasteiger partial charge in [-0.05, 0) is 77.2 Å². The molecule has 0 saturated heterocycles. The first-order valence-electron chi connectivity index (χ1n) is 12.5. The van der Waals surface area contributed by atoms with Crippen LogP contribution in [0.15, 0.2) is 34.9 Å². The zero-order chi connectivity index (χ0) is 24.5. The molecule has 1 atom stereocenters. The Labute approximate surface area is 205 Å². The van der Waals surface area contributed by atoms with E-state index in [1.807, 2.05) is 52.0 Å². The Bertz CT molecular complexity index is 1330. The minimum atomic E-state index is -0.455. The third-order valence-electron chi connectivity index (χ3n) is 6.58. The fourth-order valence-electron chi connectivity index (χ4n) is 4.88. The molecule has 0 radical (unpaired) electrons. The minimum absolute atomic E-state index is 0.0618. The van der Waals surface area contributed by atoms with Crippen molar-refractivity contribution in [2.75, 3.05) is 11.9 Å². The second-order valence-corrected chi connectivity index (χ2v) is 9.53. The first-order valence-corrected chi connectivity index (χ1v) is 12.5. The van der Waals surface area contributed by atoms with Gasteiger partial charge in [0.1, 0.15) is 6.26 Å². The molecule has 7 heteroatoms. The van der Waals surface area contributed by atoms with E-state index in [1.54, 1.807) is 6.26 Å². The van der Waals surface area contributed by atoms with Gasteiger partial charge in [-0.1, -0.05) is 18.2 Å². The SMILES string of the molecule is CCOC1C=c2c(c(-c3nc(C)co3)c(-c3ccc(NC(=O)OC(C)C)cc3)n2C2CCC2)=CC1. The molecule has 3 aromatic rings. The highest BCUT2D eigenvalue weighted by Gasteiger charge is 2.30. The monoisotopic (exact) mass is 475 g/mol. The third kappa shape index (κ3) is 4.65. The number of benzene rings is 1. The second-order valence-electron chi connectivity index (χ2n) is 9.53. The van der Waals surface area contributed by atoms with Crippen molar-refractivity contribution in [3.8, 4) is 22.7 Å². The van der Waals surface area contributed by atoms with Gasteiger partial charge in [0.2, 0.25) is 5.89 Å². The lowest BCUT2D eigenvalue weighted by molar-refractivity contribution is 0.110. The van der Waals surface area contributed by atoms with E-state index in [4.69, 9.17) is 18.9 Å². The van der Waals surface area contributed by atoms with Gasteiger partial charge in [0, 0.05) is 28.9 Å². The fraction of sp³-hybridized carbons (Fsp3) is 0.429. The molecule has 1 fully saturated rings. The van der Waals surface area contributed by atoms with Gasteiger partial charge in [-0.25, -0.2) is 9.78 Å². The number of carbonyl (C=O) groups excluding carboxylic acids is 1. The third-order valence-corrected chi connectivity index (χ3v) is 6.58. The quantitative estimate of drug-likeness (QED) is 0.510. The highest BCUT2D eigenvalue weighted by molar-refractivity contribution is 5.86. The fourth-order valence-corrected chi connectivity index (χ4v) is 4.88. The van der Waals surface area contributed by atoms with Crippen LogP contribution in [0.5, 0.6) is 0 Å². The van der Waals surface area contributed by atoms with Crippen LogP contribution >= 0.6 is 0 Å². The van der Waals surface area contributed by atoms with Crippen LogP contribution in [0.1, 0.15) is 58.2 Å². The van der Waals surface area contributed by atoms with E-state index in [-0.39, 0.29) is 12.2 Å². The number of oxazole rings is 1. The Balaban J connectivity index is 1.65. The lowest BCUT2D eigenvalue weighted by Gasteiger charge is -2.30. The molecule has 1 saturated carbocycles. The second kappa shape index (κ2) is 9.74. The Morgan fingerprint density at radius 3 is 2.63 bits per heavy atom. The van der Waals surface area contributed by atoms with Gasteiger partial charge in [-0.2, -0.15) is 0 Å². The summed E-state index contributed by atoms with van der Waals surface area (Å²) in [6, 6.07) is 8.33. The molecule has 0 bridgehead atoms. The van der Waals surface area contributed by atoms with Crippen molar-refractivity contribution in [1.82, 2.24) is 9.55 Å². The molecule has 7 nitrogen and oxygen atoms in total. The van der Waals surface area contributed by atoms with E-state index in [1.165, 1.54) is 11.8 Å². The van der Waals surface area contributed by atoms with Crippen molar-refractivity contribution in [2.24, 2.45) is 0 Å². The first kappa shape index (κ1) is 23.4. The van der Waals surface area contributed by atoms with Crippen LogP contribution in [0.3, 0.4) is 0 Å². The molecule has 184 valence electrons. The Morgan fingerprint density at radius 1 is 1.26 bits per heavy atom. The Hall–Kier alpha value is -3.32. The standard InChI is InChI=1S/C28H33N3O4/c1-5-33-22-13-14-23-24(15-22)31(21-7-6-8-21)26(25(23)27-29-18(4)16-34-27)19-9-11-20(12-10-19)30-28(32)35-17(2)3/h9-12,14-17,21-22H,5-8,13H2,1-4H3,(H,30,32). The molecular weight excluding hydrogens is 442 g/mol. The highest BCUT2D eigenvalue weighted by atomic mass is 16.6. The molecule has 2 aliphatic carbocycles. The van der Waals surface area contributed by atoms with Gasteiger partial charge >= 0.3 is 6.09 Å². The average Bonchev–Trinajstić information content (AvgIpc) is 3.34. The normalized spacial score (nSPS) is 17.3. The number of amides is 1. The summed E-state index contributed by atoms with van der Waals surface area (Å²) in [5.74, 6) is 0.633. The number of rotatable bonds is 7. The van der Waals surface area contributed by atoms with E-state index in [0.29, 0.717) is 24.2 Å². The molecular formula is C28H33N3O4. The van der Waals surface area contributed by atoms with Crippen molar-refractivity contribution in [1.29, 1.82) is 0 Å². The van der Waals surface area contributed by atoms with Crippen LogP contribution in [-0.2, 0) is 9.47 Å². The maximum atomic E-state index is 12.0. The number of ether oxygens (including phenoxy) is 2. The molecule has 2 heterocycles. The van der Waals surface area contributed by atoms with Crippen molar-refractivity contribution < 1.29 is 18.7 Å². The topological polar surface area (TPSA) is 78.5 Å². The summed E-state index contributed by atoms with van der Waals surface area (Å²) in [6.07, 6.45) is 10.00. The lowest BCUT2D eigenvalue weighted by atomic mass is 9.92. The number of fused-ring (bicyclic) bond motifs is 1. The van der Waals surface area contributed by atoms with Gasteiger partial charge in [-0.3, -0.25) is 5.32 Å². The summed E-state index contributed by atoms with van der Waals surface area (Å²) < 4.78 is 19.6. The zero-order valence-electron chi connectivity index (χ0n) is 20.8. The summed E-state index contributed by atoms with van der Waals surface area (Å²) >= 11 is 0. The number of anilines is 1. The Morgan fingerprint density at radius 2 is 2.03 bits per heavy atom. The molecule has 1 unspecified atom stereocenters. The highest BCUT2D eigenvalue weighted by Crippen LogP contribution is 2.38. The van der Waals surface area contributed by atoms with Gasteiger partial charge in [0.05, 0.1) is 29.2 Å². The predicted molar refractivity (Wildman–Crippen MR) is 136 cm³/mol. The largest absolute Gasteiger partial charge is 0.447 e. The summed E-state index contributed by atoms with van der Waals surface area (Å²) in [5, 5.41) is 5.15.